The van der Waals surface area contributed by atoms with E-state index in [-0.39, 0.29) is 6.61 Å². The minimum absolute atomic E-state index is 0.0928. The van der Waals surface area contributed by atoms with Gasteiger partial charge < -0.3 is 9.84 Å². The van der Waals surface area contributed by atoms with Gasteiger partial charge in [-0.1, -0.05) is 24.3 Å². The zero-order valence-corrected chi connectivity index (χ0v) is 8.86. The Balaban J connectivity index is 3.23. The lowest BCUT2D eigenvalue weighted by atomic mass is 10.00. The van der Waals surface area contributed by atoms with Gasteiger partial charge in [0, 0.05) is 0 Å². The molecule has 0 aliphatic heterocycles. The smallest absolute Gasteiger partial charge is 0.338 e. The Labute approximate surface area is 89.0 Å². The molecule has 3 nitrogen and oxygen atoms in total. The summed E-state index contributed by atoms with van der Waals surface area (Å²) < 4.78 is 4.67. The Kier molecular flexibility index (Phi) is 4.06. The molecule has 0 radical (unpaired) electrons. The average molecular weight is 206 g/mol. The molecule has 0 bridgehead atoms. The number of esters is 1. The number of aliphatic hydroxyl groups excluding tert-OH is 1. The first-order chi connectivity index (χ1) is 7.24. The molecule has 0 spiro atoms. The summed E-state index contributed by atoms with van der Waals surface area (Å²) >= 11 is 0. The van der Waals surface area contributed by atoms with Gasteiger partial charge in [0.25, 0.3) is 0 Å². The van der Waals surface area contributed by atoms with E-state index in [2.05, 4.69) is 4.74 Å². The van der Waals surface area contributed by atoms with E-state index < -0.39 is 5.97 Å². The maximum Gasteiger partial charge on any atom is 0.338 e. The van der Waals surface area contributed by atoms with Crippen LogP contribution < -0.4 is 0 Å². The van der Waals surface area contributed by atoms with Gasteiger partial charge in [-0.2, -0.15) is 0 Å². The largest absolute Gasteiger partial charge is 0.465 e. The molecule has 0 saturated carbocycles. The zero-order chi connectivity index (χ0) is 11.3. The van der Waals surface area contributed by atoms with E-state index in [0.717, 1.165) is 5.57 Å². The van der Waals surface area contributed by atoms with Crippen LogP contribution in [0.25, 0.3) is 5.57 Å². The number of methoxy groups -OCH3 is 1. The van der Waals surface area contributed by atoms with Crippen molar-refractivity contribution >= 4 is 11.5 Å². The second-order valence-corrected chi connectivity index (χ2v) is 3.01. The van der Waals surface area contributed by atoms with E-state index in [0.29, 0.717) is 11.1 Å². The van der Waals surface area contributed by atoms with Crippen LogP contribution in [0.4, 0.5) is 0 Å². The highest BCUT2D eigenvalue weighted by atomic mass is 16.5. The predicted molar refractivity (Wildman–Crippen MR) is 58.5 cm³/mol. The maximum atomic E-state index is 11.4. The molecule has 0 fully saturated rings. The van der Waals surface area contributed by atoms with Gasteiger partial charge in [0.1, 0.15) is 0 Å². The van der Waals surface area contributed by atoms with Crippen molar-refractivity contribution in [3.63, 3.8) is 0 Å². The Morgan fingerprint density at radius 3 is 2.47 bits per heavy atom. The third-order valence-corrected chi connectivity index (χ3v) is 2.20. The topological polar surface area (TPSA) is 46.5 Å². The molecule has 1 aromatic carbocycles. The highest BCUT2D eigenvalue weighted by Crippen LogP contribution is 2.19. The van der Waals surface area contributed by atoms with E-state index in [9.17, 15) is 4.79 Å². The maximum absolute atomic E-state index is 11.4. The molecule has 0 atom stereocenters. The van der Waals surface area contributed by atoms with Gasteiger partial charge in [0.2, 0.25) is 0 Å². The fraction of sp³-hybridized carbons (Fsp3) is 0.250. The summed E-state index contributed by atoms with van der Waals surface area (Å²) in [5.41, 5.74) is 1.91. The minimum atomic E-state index is -0.390. The zero-order valence-electron chi connectivity index (χ0n) is 8.86. The van der Waals surface area contributed by atoms with Crippen molar-refractivity contribution in [1.82, 2.24) is 0 Å². The molecular formula is C12H14O3. The van der Waals surface area contributed by atoms with Crippen molar-refractivity contribution in [2.45, 2.75) is 6.92 Å². The molecule has 0 aliphatic carbocycles. The van der Waals surface area contributed by atoms with Crippen LogP contribution >= 0.6 is 0 Å². The number of carbonyl (C=O) groups excluding carboxylic acids is 1. The number of ether oxygens (including phenoxy) is 1. The number of benzene rings is 1. The van der Waals surface area contributed by atoms with Gasteiger partial charge in [-0.3, -0.25) is 0 Å². The van der Waals surface area contributed by atoms with Crippen molar-refractivity contribution in [2.75, 3.05) is 13.7 Å². The summed E-state index contributed by atoms with van der Waals surface area (Å²) in [4.78, 5) is 11.4. The lowest BCUT2D eigenvalue weighted by Crippen LogP contribution is -2.06. The summed E-state index contributed by atoms with van der Waals surface area (Å²) in [6, 6.07) is 7.06. The van der Waals surface area contributed by atoms with Crippen LogP contribution in [0.2, 0.25) is 0 Å². The van der Waals surface area contributed by atoms with Crippen LogP contribution in [0.3, 0.4) is 0 Å². The van der Waals surface area contributed by atoms with Crippen LogP contribution in [0.1, 0.15) is 22.8 Å². The van der Waals surface area contributed by atoms with Crippen molar-refractivity contribution in [3.05, 3.63) is 41.5 Å². The van der Waals surface area contributed by atoms with Gasteiger partial charge in [-0.25, -0.2) is 4.79 Å². The molecule has 80 valence electrons. The number of carbonyl (C=O) groups is 1. The Hall–Kier alpha value is -1.61. The molecule has 0 aromatic heterocycles. The van der Waals surface area contributed by atoms with E-state index in [1.54, 1.807) is 24.3 Å². The first kappa shape index (κ1) is 11.5. The molecule has 0 amide bonds. The van der Waals surface area contributed by atoms with Crippen molar-refractivity contribution in [1.29, 1.82) is 0 Å². The molecule has 0 unspecified atom stereocenters. The summed E-state index contributed by atoms with van der Waals surface area (Å²) in [7, 11) is 1.34. The van der Waals surface area contributed by atoms with Gasteiger partial charge in [-0.15, -0.1) is 0 Å². The summed E-state index contributed by atoms with van der Waals surface area (Å²) in [6.45, 7) is 1.73. The molecule has 1 N–H and O–H groups in total. The third kappa shape index (κ3) is 2.44. The van der Waals surface area contributed by atoms with E-state index in [1.807, 2.05) is 13.0 Å². The molecule has 1 rings (SSSR count). The number of hydrogen-bond acceptors (Lipinski definition) is 3. The van der Waals surface area contributed by atoms with Crippen molar-refractivity contribution in [3.8, 4) is 0 Å². The summed E-state index contributed by atoms with van der Waals surface area (Å²) in [5, 5.41) is 9.14. The first-order valence-corrected chi connectivity index (χ1v) is 4.68. The molecule has 0 heterocycles. The fourth-order valence-corrected chi connectivity index (χ4v) is 1.38. The average Bonchev–Trinajstić information content (AvgIpc) is 2.30. The molecule has 0 saturated heterocycles. The molecule has 15 heavy (non-hydrogen) atoms. The lowest BCUT2D eigenvalue weighted by Gasteiger charge is -2.08. The third-order valence-electron chi connectivity index (χ3n) is 2.20. The van der Waals surface area contributed by atoms with Crippen LogP contribution in [0.15, 0.2) is 30.3 Å². The van der Waals surface area contributed by atoms with Crippen LogP contribution in [0, 0.1) is 0 Å². The van der Waals surface area contributed by atoms with E-state index in [1.165, 1.54) is 7.11 Å². The Morgan fingerprint density at radius 1 is 1.40 bits per heavy atom. The quantitative estimate of drug-likeness (QED) is 0.768. The SMILES string of the molecule is CC=C(CO)c1ccccc1C(=O)OC. The Bertz CT molecular complexity index is 380. The number of aliphatic hydroxyl groups is 1. The fourth-order valence-electron chi connectivity index (χ4n) is 1.38. The highest BCUT2D eigenvalue weighted by Gasteiger charge is 2.12. The monoisotopic (exact) mass is 206 g/mol. The van der Waals surface area contributed by atoms with Crippen LogP contribution in [-0.2, 0) is 4.74 Å². The molecule has 0 aliphatic rings. The van der Waals surface area contributed by atoms with Gasteiger partial charge >= 0.3 is 5.97 Å². The van der Waals surface area contributed by atoms with E-state index >= 15 is 0 Å². The molecule has 1 aromatic rings. The van der Waals surface area contributed by atoms with Crippen LogP contribution in [0.5, 0.6) is 0 Å². The molecule has 3 heteroatoms. The molecular weight excluding hydrogens is 192 g/mol. The Morgan fingerprint density at radius 2 is 2.00 bits per heavy atom. The minimum Gasteiger partial charge on any atom is -0.465 e. The highest BCUT2D eigenvalue weighted by molar-refractivity contribution is 5.95. The first-order valence-electron chi connectivity index (χ1n) is 4.68. The van der Waals surface area contributed by atoms with Gasteiger partial charge in [0.05, 0.1) is 19.3 Å². The summed E-state index contributed by atoms with van der Waals surface area (Å²) in [5.74, 6) is -0.390. The van der Waals surface area contributed by atoms with Crippen molar-refractivity contribution in [2.24, 2.45) is 0 Å². The summed E-state index contributed by atoms with van der Waals surface area (Å²) in [6.07, 6.45) is 1.78. The second-order valence-electron chi connectivity index (χ2n) is 3.01. The number of hydrogen-bond donors (Lipinski definition) is 1. The predicted octanol–water partition coefficient (Wildman–Crippen LogP) is 1.87. The van der Waals surface area contributed by atoms with E-state index in [4.69, 9.17) is 5.11 Å². The van der Waals surface area contributed by atoms with Crippen LogP contribution in [-0.4, -0.2) is 24.8 Å². The lowest BCUT2D eigenvalue weighted by molar-refractivity contribution is 0.0600. The number of allylic oxidation sites excluding steroid dienone is 1. The standard InChI is InChI=1S/C12H14O3/c1-3-9(8-13)10-6-4-5-7-11(10)12(14)15-2/h3-7,13H,8H2,1-2H3. The van der Waals surface area contributed by atoms with Gasteiger partial charge in [0.15, 0.2) is 0 Å². The second kappa shape index (κ2) is 5.32. The van der Waals surface area contributed by atoms with Gasteiger partial charge in [-0.05, 0) is 24.1 Å². The number of rotatable bonds is 3. The van der Waals surface area contributed by atoms with Crippen molar-refractivity contribution < 1.29 is 14.6 Å². The normalized spacial score (nSPS) is 11.3.